The van der Waals surface area contributed by atoms with Crippen LogP contribution in [0.15, 0.2) is 0 Å². The summed E-state index contributed by atoms with van der Waals surface area (Å²) in [6.07, 6.45) is 0. The predicted octanol–water partition coefficient (Wildman–Crippen LogP) is -2.22. The summed E-state index contributed by atoms with van der Waals surface area (Å²) in [7, 11) is 0. The van der Waals surface area contributed by atoms with Crippen molar-refractivity contribution in [2.75, 3.05) is 0 Å². The van der Waals surface area contributed by atoms with Crippen molar-refractivity contribution in [3.63, 3.8) is 0 Å². The summed E-state index contributed by atoms with van der Waals surface area (Å²) in [5.41, 5.74) is 0. The van der Waals surface area contributed by atoms with Crippen molar-refractivity contribution in [3.8, 4) is 0 Å². The molecular formula is H4CoLiMgNaNi. The maximum atomic E-state index is 0. The molecule has 0 spiro atoms. The van der Waals surface area contributed by atoms with Gasteiger partial charge in [-0.25, -0.2) is 0 Å². The van der Waals surface area contributed by atoms with Gasteiger partial charge in [-0.15, -0.1) is 0 Å². The van der Waals surface area contributed by atoms with Gasteiger partial charge in [0.05, 0.1) is 0 Å². The van der Waals surface area contributed by atoms with E-state index in [0.717, 1.165) is 0 Å². The molecule has 0 fully saturated rings. The summed E-state index contributed by atoms with van der Waals surface area (Å²) in [5.74, 6) is 0. The number of rotatable bonds is 0. The Morgan fingerprint density at radius 3 is 1.00 bits per heavy atom. The Labute approximate surface area is 103 Å². The zero-order chi connectivity index (χ0) is 0. The minimum Gasteiger partial charge on any atom is 0 e. The standard InChI is InChI=1S/Co.Li.Mg.Na.Ni.4H. The smallest absolute Gasteiger partial charge is 0 e. The van der Waals surface area contributed by atoms with E-state index in [-0.39, 0.29) is 105 Å². The largest absolute Gasteiger partial charge is 0 e. The second kappa shape index (κ2) is 26.4. The first-order chi connectivity index (χ1) is 0. The molecule has 0 aromatic rings. The van der Waals surface area contributed by atoms with E-state index >= 15 is 0 Å². The van der Waals surface area contributed by atoms with Crippen LogP contribution in [-0.4, -0.2) is 71.5 Å². The minimum absolute atomic E-state index is 0. The molecule has 0 aliphatic carbocycles. The van der Waals surface area contributed by atoms with E-state index in [1.54, 1.807) is 0 Å². The van der Waals surface area contributed by atoms with Gasteiger partial charge < -0.3 is 0 Å². The van der Waals surface area contributed by atoms with Gasteiger partial charge in [-0.2, -0.15) is 0 Å². The van der Waals surface area contributed by atoms with Crippen LogP contribution in [0, 0.1) is 0 Å². The fourth-order valence-electron chi connectivity index (χ4n) is 0. The molecule has 0 heterocycles. The molecule has 0 amide bonds. The molecular weight excluding hydrogens is 172 g/mol. The fourth-order valence-corrected chi connectivity index (χ4v) is 0. The summed E-state index contributed by atoms with van der Waals surface area (Å²) in [6.45, 7) is 0. The summed E-state index contributed by atoms with van der Waals surface area (Å²) in [5, 5.41) is 0. The van der Waals surface area contributed by atoms with Gasteiger partial charge in [0.25, 0.3) is 0 Å². The van der Waals surface area contributed by atoms with Crippen LogP contribution in [0.25, 0.3) is 0 Å². The van der Waals surface area contributed by atoms with Crippen LogP contribution in [0.1, 0.15) is 0 Å². The molecule has 0 aromatic heterocycles. The van der Waals surface area contributed by atoms with Crippen LogP contribution >= 0.6 is 0 Å². The molecule has 1 radical (unpaired) electrons. The van der Waals surface area contributed by atoms with Crippen LogP contribution in [0.2, 0.25) is 0 Å². The fraction of sp³-hybridized carbons (Fsp3) is 0. The first-order valence-electron chi connectivity index (χ1n) is 0. The maximum absolute atomic E-state index is 0. The van der Waals surface area contributed by atoms with Gasteiger partial charge in [0, 0.05) is 33.3 Å². The van der Waals surface area contributed by atoms with Crippen molar-refractivity contribution in [1.29, 1.82) is 0 Å². The first-order valence-corrected chi connectivity index (χ1v) is 0. The second-order valence-electron chi connectivity index (χ2n) is 0. The molecule has 0 saturated heterocycles. The molecule has 27 valence electrons. The molecule has 0 N–H and O–H groups in total. The third-order valence-electron chi connectivity index (χ3n) is 0. The molecule has 0 unspecified atom stereocenters. The van der Waals surface area contributed by atoms with Gasteiger partial charge in [0.1, 0.15) is 0 Å². The van der Waals surface area contributed by atoms with Crippen molar-refractivity contribution in [1.82, 2.24) is 0 Å². The molecule has 5 heavy (non-hydrogen) atoms. The molecule has 0 saturated carbocycles. The Hall–Kier alpha value is 3.36. The normalized spacial score (nSPS) is 0. The van der Waals surface area contributed by atoms with E-state index in [4.69, 9.17) is 0 Å². The third kappa shape index (κ3) is 18.7. The molecule has 0 aromatic carbocycles. The first kappa shape index (κ1) is 40.1. The Morgan fingerprint density at radius 2 is 1.00 bits per heavy atom. The molecule has 0 bridgehead atoms. The average Bonchev–Trinajstić information content (AvgIpc) is 0. The Balaban J connectivity index is 0. The van der Waals surface area contributed by atoms with Crippen LogP contribution in [0.4, 0.5) is 0 Å². The summed E-state index contributed by atoms with van der Waals surface area (Å²) >= 11 is 0. The van der Waals surface area contributed by atoms with Crippen molar-refractivity contribution in [2.45, 2.75) is 0 Å². The average molecular weight is 176 g/mol. The van der Waals surface area contributed by atoms with Gasteiger partial charge in [0.15, 0.2) is 0 Å². The van der Waals surface area contributed by atoms with Crippen molar-refractivity contribution in [3.05, 3.63) is 0 Å². The molecule has 0 aliphatic rings. The minimum atomic E-state index is 0. The van der Waals surface area contributed by atoms with Gasteiger partial charge >= 0.3 is 71.5 Å². The predicted molar refractivity (Wildman–Crippen MR) is 22.8 cm³/mol. The van der Waals surface area contributed by atoms with Crippen molar-refractivity contribution in [2.24, 2.45) is 0 Å². The van der Waals surface area contributed by atoms with Crippen LogP contribution in [-0.2, 0) is 33.3 Å². The molecule has 0 atom stereocenters. The summed E-state index contributed by atoms with van der Waals surface area (Å²) in [4.78, 5) is 0. The zero-order valence-electron chi connectivity index (χ0n) is 0.650. The van der Waals surface area contributed by atoms with E-state index < -0.39 is 0 Å². The SMILES string of the molecule is [Co].[LiH].[MgH2].[NaH].[Ni]. The van der Waals surface area contributed by atoms with E-state index in [1.165, 1.54) is 0 Å². The Morgan fingerprint density at radius 1 is 1.00 bits per heavy atom. The quantitative estimate of drug-likeness (QED) is 0.367. The molecule has 5 heteroatoms. The van der Waals surface area contributed by atoms with Gasteiger partial charge in [-0.3, -0.25) is 0 Å². The van der Waals surface area contributed by atoms with E-state index in [2.05, 4.69) is 0 Å². The zero-order valence-corrected chi connectivity index (χ0v) is 2.68. The molecule has 0 nitrogen and oxygen atoms in total. The summed E-state index contributed by atoms with van der Waals surface area (Å²) in [6, 6.07) is 0. The Bertz CT molecular complexity index is 11.6. The van der Waals surface area contributed by atoms with Crippen LogP contribution in [0.5, 0.6) is 0 Å². The second-order valence-corrected chi connectivity index (χ2v) is 0. The van der Waals surface area contributed by atoms with Crippen molar-refractivity contribution < 1.29 is 33.3 Å². The third-order valence-corrected chi connectivity index (χ3v) is 0. The van der Waals surface area contributed by atoms with Gasteiger partial charge in [-0.1, -0.05) is 0 Å². The van der Waals surface area contributed by atoms with Gasteiger partial charge in [0.2, 0.25) is 0 Å². The van der Waals surface area contributed by atoms with Crippen LogP contribution in [0.3, 0.4) is 0 Å². The Kier molecular flexibility index (Phi) is 211. The number of hydrogen-bond donors (Lipinski definition) is 0. The van der Waals surface area contributed by atoms with Crippen molar-refractivity contribution >= 4 is 71.5 Å². The molecule has 0 aliphatic heterocycles. The van der Waals surface area contributed by atoms with E-state index in [0.29, 0.717) is 0 Å². The molecule has 0 rings (SSSR count). The maximum Gasteiger partial charge on any atom is 0 e. The van der Waals surface area contributed by atoms with Gasteiger partial charge in [-0.05, 0) is 0 Å². The number of hydrogen-bond acceptors (Lipinski definition) is 0. The van der Waals surface area contributed by atoms with E-state index in [1.807, 2.05) is 0 Å². The van der Waals surface area contributed by atoms with Crippen LogP contribution < -0.4 is 0 Å². The topological polar surface area (TPSA) is 0 Å². The monoisotopic (exact) mass is 175 g/mol. The van der Waals surface area contributed by atoms with E-state index in [9.17, 15) is 0 Å². The summed E-state index contributed by atoms with van der Waals surface area (Å²) < 4.78 is 0.